The van der Waals surface area contributed by atoms with Crippen LogP contribution in [0.1, 0.15) is 17.1 Å². The first-order valence-electron chi connectivity index (χ1n) is 9.01. The Bertz CT molecular complexity index is 1000. The molecule has 1 fully saturated rings. The summed E-state index contributed by atoms with van der Waals surface area (Å²) < 4.78 is 20.3. The Hall–Kier alpha value is -2.82. The molecule has 27 heavy (non-hydrogen) atoms. The molecule has 2 aromatic heterocycles. The highest BCUT2D eigenvalue weighted by atomic mass is 19.1. The van der Waals surface area contributed by atoms with E-state index in [1.54, 1.807) is 16.6 Å². The van der Waals surface area contributed by atoms with Crippen LogP contribution in [0.5, 0.6) is 0 Å². The molecule has 1 aliphatic rings. The van der Waals surface area contributed by atoms with E-state index in [4.69, 9.17) is 4.74 Å². The number of hydrogen-bond acceptors (Lipinski definition) is 5. The van der Waals surface area contributed by atoms with Gasteiger partial charge >= 0.3 is 0 Å². The average molecular weight is 365 g/mol. The SMILES string of the molecule is Cc1cc(-c2ccc(F)cc2)c(C#N)c2nc(CCN3CCOCC3)nn12. The predicted molar refractivity (Wildman–Crippen MR) is 98.8 cm³/mol. The van der Waals surface area contributed by atoms with Gasteiger partial charge in [-0.2, -0.15) is 10.4 Å². The van der Waals surface area contributed by atoms with Crippen LogP contribution in [-0.2, 0) is 11.2 Å². The van der Waals surface area contributed by atoms with E-state index in [-0.39, 0.29) is 5.82 Å². The Kier molecular flexibility index (Phi) is 4.84. The molecule has 4 rings (SSSR count). The minimum Gasteiger partial charge on any atom is -0.379 e. The molecule has 7 heteroatoms. The number of rotatable bonds is 4. The molecule has 0 unspecified atom stereocenters. The number of morpholine rings is 1. The Morgan fingerprint density at radius 2 is 1.96 bits per heavy atom. The number of fused-ring (bicyclic) bond motifs is 1. The fraction of sp³-hybridized carbons (Fsp3) is 0.350. The number of nitriles is 1. The van der Waals surface area contributed by atoms with E-state index in [0.717, 1.165) is 61.9 Å². The third-order valence-electron chi connectivity index (χ3n) is 4.85. The zero-order chi connectivity index (χ0) is 18.8. The minimum atomic E-state index is -0.303. The molecular weight excluding hydrogens is 345 g/mol. The van der Waals surface area contributed by atoms with Crippen LogP contribution in [0.2, 0.25) is 0 Å². The summed E-state index contributed by atoms with van der Waals surface area (Å²) in [4.78, 5) is 6.96. The van der Waals surface area contributed by atoms with Crippen molar-refractivity contribution in [2.75, 3.05) is 32.8 Å². The minimum absolute atomic E-state index is 0.303. The summed E-state index contributed by atoms with van der Waals surface area (Å²) >= 11 is 0. The molecule has 1 saturated heterocycles. The van der Waals surface area contributed by atoms with Crippen LogP contribution in [0, 0.1) is 24.1 Å². The first kappa shape index (κ1) is 17.6. The Morgan fingerprint density at radius 3 is 2.67 bits per heavy atom. The summed E-state index contributed by atoms with van der Waals surface area (Å²) in [7, 11) is 0. The lowest BCUT2D eigenvalue weighted by Gasteiger charge is -2.25. The second-order valence-electron chi connectivity index (χ2n) is 6.66. The van der Waals surface area contributed by atoms with Crippen molar-refractivity contribution in [3.63, 3.8) is 0 Å². The van der Waals surface area contributed by atoms with Crippen LogP contribution in [-0.4, -0.2) is 52.3 Å². The fourth-order valence-electron chi connectivity index (χ4n) is 3.38. The summed E-state index contributed by atoms with van der Waals surface area (Å²) in [5.74, 6) is 0.417. The van der Waals surface area contributed by atoms with Crippen LogP contribution < -0.4 is 0 Å². The number of benzene rings is 1. The molecule has 0 atom stereocenters. The van der Waals surface area contributed by atoms with Crippen molar-refractivity contribution in [3.05, 3.63) is 53.2 Å². The fourth-order valence-corrected chi connectivity index (χ4v) is 3.38. The molecule has 3 heterocycles. The van der Waals surface area contributed by atoms with Crippen molar-refractivity contribution in [2.24, 2.45) is 0 Å². The Morgan fingerprint density at radius 1 is 1.22 bits per heavy atom. The van der Waals surface area contributed by atoms with Crippen molar-refractivity contribution in [1.29, 1.82) is 5.26 Å². The zero-order valence-electron chi connectivity index (χ0n) is 15.2. The molecule has 0 aliphatic carbocycles. The van der Waals surface area contributed by atoms with Gasteiger partial charge in [-0.25, -0.2) is 13.9 Å². The third kappa shape index (κ3) is 3.54. The maximum atomic E-state index is 13.3. The van der Waals surface area contributed by atoms with E-state index in [9.17, 15) is 9.65 Å². The Balaban J connectivity index is 1.68. The van der Waals surface area contributed by atoms with Gasteiger partial charge in [0.1, 0.15) is 17.4 Å². The molecule has 0 bridgehead atoms. The number of nitrogens with zero attached hydrogens (tertiary/aromatic N) is 5. The first-order valence-corrected chi connectivity index (χ1v) is 9.01. The maximum absolute atomic E-state index is 13.3. The standard InChI is InChI=1S/C20H20FN5O/c1-14-12-17(15-2-4-16(21)5-3-15)18(13-22)20-23-19(24-26(14)20)6-7-25-8-10-27-11-9-25/h2-5,12H,6-11H2,1H3. The summed E-state index contributed by atoms with van der Waals surface area (Å²) in [5.41, 5.74) is 3.42. The number of pyridine rings is 1. The highest BCUT2D eigenvalue weighted by Gasteiger charge is 2.17. The molecule has 0 N–H and O–H groups in total. The van der Waals surface area contributed by atoms with Crippen LogP contribution in [0.3, 0.4) is 0 Å². The van der Waals surface area contributed by atoms with Crippen molar-refractivity contribution in [1.82, 2.24) is 19.5 Å². The first-order chi connectivity index (χ1) is 13.2. The van der Waals surface area contributed by atoms with Gasteiger partial charge in [-0.15, -0.1) is 0 Å². The van der Waals surface area contributed by atoms with Gasteiger partial charge in [0, 0.05) is 37.3 Å². The number of aromatic nitrogens is 3. The monoisotopic (exact) mass is 365 g/mol. The molecule has 0 amide bonds. The second kappa shape index (κ2) is 7.43. The molecule has 6 nitrogen and oxygen atoms in total. The smallest absolute Gasteiger partial charge is 0.174 e. The van der Waals surface area contributed by atoms with Crippen LogP contribution in [0.25, 0.3) is 16.8 Å². The summed E-state index contributed by atoms with van der Waals surface area (Å²) in [5, 5.41) is 14.3. The van der Waals surface area contributed by atoms with E-state index in [0.29, 0.717) is 11.2 Å². The van der Waals surface area contributed by atoms with Gasteiger partial charge in [-0.05, 0) is 30.7 Å². The van der Waals surface area contributed by atoms with E-state index in [1.165, 1.54) is 12.1 Å². The molecule has 0 spiro atoms. The normalized spacial score (nSPS) is 15.1. The molecule has 3 aromatic rings. The average Bonchev–Trinajstić information content (AvgIpc) is 3.12. The van der Waals surface area contributed by atoms with Gasteiger partial charge in [0.2, 0.25) is 0 Å². The van der Waals surface area contributed by atoms with Crippen molar-refractivity contribution in [2.45, 2.75) is 13.3 Å². The molecule has 138 valence electrons. The molecule has 1 aliphatic heterocycles. The quantitative estimate of drug-likeness (QED) is 0.711. The second-order valence-corrected chi connectivity index (χ2v) is 6.66. The van der Waals surface area contributed by atoms with Crippen molar-refractivity contribution in [3.8, 4) is 17.2 Å². The summed E-state index contributed by atoms with van der Waals surface area (Å²) in [6, 6.07) is 10.3. The molecular formula is C20H20FN5O. The topological polar surface area (TPSA) is 66.5 Å². The lowest BCUT2D eigenvalue weighted by atomic mass is 10.0. The number of hydrogen-bond donors (Lipinski definition) is 0. The van der Waals surface area contributed by atoms with E-state index in [2.05, 4.69) is 21.1 Å². The van der Waals surface area contributed by atoms with Gasteiger partial charge in [0.05, 0.1) is 13.2 Å². The number of halogens is 1. The van der Waals surface area contributed by atoms with Crippen LogP contribution in [0.15, 0.2) is 30.3 Å². The van der Waals surface area contributed by atoms with Gasteiger partial charge in [-0.1, -0.05) is 12.1 Å². The van der Waals surface area contributed by atoms with Gasteiger partial charge in [0.15, 0.2) is 11.5 Å². The Labute approximate surface area is 156 Å². The molecule has 1 aromatic carbocycles. The molecule has 0 saturated carbocycles. The highest BCUT2D eigenvalue weighted by molar-refractivity contribution is 5.77. The highest BCUT2D eigenvalue weighted by Crippen LogP contribution is 2.27. The van der Waals surface area contributed by atoms with Crippen LogP contribution >= 0.6 is 0 Å². The largest absolute Gasteiger partial charge is 0.379 e. The van der Waals surface area contributed by atoms with Gasteiger partial charge in [0.25, 0.3) is 0 Å². The third-order valence-corrected chi connectivity index (χ3v) is 4.85. The zero-order valence-corrected chi connectivity index (χ0v) is 15.2. The predicted octanol–water partition coefficient (Wildman–Crippen LogP) is 2.59. The van der Waals surface area contributed by atoms with Gasteiger partial charge in [-0.3, -0.25) is 4.90 Å². The maximum Gasteiger partial charge on any atom is 0.174 e. The number of ether oxygens (including phenoxy) is 1. The van der Waals surface area contributed by atoms with Crippen molar-refractivity contribution < 1.29 is 9.13 Å². The van der Waals surface area contributed by atoms with Gasteiger partial charge < -0.3 is 4.74 Å². The summed E-state index contributed by atoms with van der Waals surface area (Å²) in [6.45, 7) is 6.16. The lowest BCUT2D eigenvalue weighted by molar-refractivity contribution is 0.0382. The number of aryl methyl sites for hydroxylation is 1. The summed E-state index contributed by atoms with van der Waals surface area (Å²) in [6.07, 6.45) is 0.720. The van der Waals surface area contributed by atoms with Crippen molar-refractivity contribution >= 4 is 5.65 Å². The van der Waals surface area contributed by atoms with Crippen LogP contribution in [0.4, 0.5) is 4.39 Å². The van der Waals surface area contributed by atoms with E-state index < -0.39 is 0 Å². The molecule has 0 radical (unpaired) electrons. The van der Waals surface area contributed by atoms with E-state index >= 15 is 0 Å². The van der Waals surface area contributed by atoms with E-state index in [1.807, 2.05) is 13.0 Å². The lowest BCUT2D eigenvalue weighted by Crippen LogP contribution is -2.37.